The van der Waals surface area contributed by atoms with Crippen molar-refractivity contribution < 1.29 is 9.47 Å². The second-order valence-electron chi connectivity index (χ2n) is 3.50. The lowest BCUT2D eigenvalue weighted by Gasteiger charge is -2.07. The Morgan fingerprint density at radius 2 is 1.14 bits per heavy atom. The van der Waals surface area contributed by atoms with Crippen LogP contribution in [0.5, 0.6) is 0 Å². The third kappa shape index (κ3) is 12.6. The van der Waals surface area contributed by atoms with Crippen LogP contribution in [0.1, 0.15) is 26.7 Å². The molecule has 0 radical (unpaired) electrons. The van der Waals surface area contributed by atoms with Gasteiger partial charge in [0.05, 0.1) is 13.2 Å². The van der Waals surface area contributed by atoms with Crippen molar-refractivity contribution in [1.82, 2.24) is 0 Å². The molecule has 86 valence electrons. The molecular formula is C10H22O2S2. The monoisotopic (exact) mass is 238 g/mol. The summed E-state index contributed by atoms with van der Waals surface area (Å²) in [5.41, 5.74) is 0. The molecule has 0 fully saturated rings. The van der Waals surface area contributed by atoms with E-state index >= 15 is 0 Å². The van der Waals surface area contributed by atoms with Crippen molar-refractivity contribution in [3.05, 3.63) is 0 Å². The van der Waals surface area contributed by atoms with Gasteiger partial charge in [-0.05, 0) is 12.8 Å². The first kappa shape index (κ1) is 14.6. The Kier molecular flexibility index (Phi) is 10.6. The third-order valence-electron chi connectivity index (χ3n) is 1.73. The lowest BCUT2D eigenvalue weighted by atomic mass is 10.3. The summed E-state index contributed by atoms with van der Waals surface area (Å²) in [4.78, 5) is 0. The van der Waals surface area contributed by atoms with Gasteiger partial charge in [0.1, 0.15) is 0 Å². The molecule has 0 aliphatic carbocycles. The molecule has 0 heterocycles. The molecule has 0 aromatic rings. The van der Waals surface area contributed by atoms with Gasteiger partial charge in [-0.3, -0.25) is 0 Å². The van der Waals surface area contributed by atoms with Crippen LogP contribution in [-0.2, 0) is 9.47 Å². The van der Waals surface area contributed by atoms with Crippen LogP contribution in [0.25, 0.3) is 0 Å². The van der Waals surface area contributed by atoms with Gasteiger partial charge in [-0.15, -0.1) is 0 Å². The van der Waals surface area contributed by atoms with E-state index in [4.69, 9.17) is 9.47 Å². The molecule has 0 aliphatic heterocycles. The normalized spacial score (nSPS) is 15.4. The number of ether oxygens (including phenoxy) is 2. The molecule has 0 saturated heterocycles. The second kappa shape index (κ2) is 10.1. The van der Waals surface area contributed by atoms with E-state index in [1.807, 2.05) is 0 Å². The number of hydrogen-bond acceptors (Lipinski definition) is 4. The minimum absolute atomic E-state index is 0.418. The highest BCUT2D eigenvalue weighted by Crippen LogP contribution is 2.00. The molecule has 0 amide bonds. The molecule has 0 aliphatic rings. The van der Waals surface area contributed by atoms with Crippen LogP contribution >= 0.6 is 25.3 Å². The molecule has 2 atom stereocenters. The van der Waals surface area contributed by atoms with Crippen molar-refractivity contribution in [2.75, 3.05) is 26.4 Å². The van der Waals surface area contributed by atoms with E-state index in [0.29, 0.717) is 23.7 Å². The molecule has 0 aromatic heterocycles. The van der Waals surface area contributed by atoms with E-state index in [1.54, 1.807) is 0 Å². The maximum atomic E-state index is 5.36. The quantitative estimate of drug-likeness (QED) is 0.475. The average molecular weight is 238 g/mol. The first-order valence-electron chi connectivity index (χ1n) is 5.14. The molecule has 4 heteroatoms. The fourth-order valence-electron chi connectivity index (χ4n) is 0.830. The van der Waals surface area contributed by atoms with Gasteiger partial charge >= 0.3 is 0 Å². The summed E-state index contributed by atoms with van der Waals surface area (Å²) in [7, 11) is 0. The van der Waals surface area contributed by atoms with Crippen LogP contribution in [-0.4, -0.2) is 36.9 Å². The van der Waals surface area contributed by atoms with Gasteiger partial charge in [0.2, 0.25) is 0 Å². The SMILES string of the molecule is CC(S)CCOCCOCCC(C)S. The zero-order chi connectivity index (χ0) is 10.8. The molecule has 0 rings (SSSR count). The summed E-state index contributed by atoms with van der Waals surface area (Å²) in [6, 6.07) is 0. The van der Waals surface area contributed by atoms with Crippen LogP contribution in [0.15, 0.2) is 0 Å². The van der Waals surface area contributed by atoms with Crippen molar-refractivity contribution in [2.24, 2.45) is 0 Å². The lowest BCUT2D eigenvalue weighted by Crippen LogP contribution is -2.09. The highest BCUT2D eigenvalue weighted by Gasteiger charge is 1.96. The predicted molar refractivity (Wildman–Crippen MR) is 67.8 cm³/mol. The number of thiol groups is 2. The average Bonchev–Trinajstić information content (AvgIpc) is 2.08. The fraction of sp³-hybridized carbons (Fsp3) is 1.00. The van der Waals surface area contributed by atoms with Crippen LogP contribution in [0.4, 0.5) is 0 Å². The molecule has 14 heavy (non-hydrogen) atoms. The molecule has 0 saturated carbocycles. The Labute approximate surface area is 98.6 Å². The summed E-state index contributed by atoms with van der Waals surface area (Å²) < 4.78 is 10.7. The van der Waals surface area contributed by atoms with E-state index in [0.717, 1.165) is 26.1 Å². The maximum absolute atomic E-state index is 5.36. The summed E-state index contributed by atoms with van der Waals surface area (Å²) >= 11 is 8.52. The standard InChI is InChI=1S/C10H22O2S2/c1-9(13)3-5-11-7-8-12-6-4-10(2)14/h9-10,13-14H,3-8H2,1-2H3. The van der Waals surface area contributed by atoms with Gasteiger partial charge in [-0.1, -0.05) is 13.8 Å². The second-order valence-corrected chi connectivity index (χ2v) is 5.26. The predicted octanol–water partition coefficient (Wildman–Crippen LogP) is 2.44. The van der Waals surface area contributed by atoms with Crippen LogP contribution in [0, 0.1) is 0 Å². The summed E-state index contributed by atoms with van der Waals surface area (Å²) in [5, 5.41) is 0.835. The first-order valence-corrected chi connectivity index (χ1v) is 6.18. The summed E-state index contributed by atoms with van der Waals surface area (Å²) in [5.74, 6) is 0. The van der Waals surface area contributed by atoms with Crippen molar-refractivity contribution in [3.8, 4) is 0 Å². The van der Waals surface area contributed by atoms with Gasteiger partial charge in [0, 0.05) is 23.7 Å². The van der Waals surface area contributed by atoms with E-state index in [2.05, 4.69) is 39.1 Å². The minimum Gasteiger partial charge on any atom is -0.379 e. The zero-order valence-corrected chi connectivity index (χ0v) is 10.9. The smallest absolute Gasteiger partial charge is 0.0700 e. The van der Waals surface area contributed by atoms with Gasteiger partial charge in [-0.25, -0.2) is 0 Å². The largest absolute Gasteiger partial charge is 0.379 e. The van der Waals surface area contributed by atoms with Gasteiger partial charge < -0.3 is 9.47 Å². The fourth-order valence-corrected chi connectivity index (χ4v) is 1.04. The minimum atomic E-state index is 0.418. The number of hydrogen-bond donors (Lipinski definition) is 2. The van der Waals surface area contributed by atoms with E-state index < -0.39 is 0 Å². The molecule has 0 aromatic carbocycles. The Hall–Kier alpha value is 0.620. The van der Waals surface area contributed by atoms with Gasteiger partial charge in [0.15, 0.2) is 0 Å². The first-order chi connectivity index (χ1) is 6.63. The molecular weight excluding hydrogens is 216 g/mol. The summed E-state index contributed by atoms with van der Waals surface area (Å²) in [6.07, 6.45) is 1.99. The van der Waals surface area contributed by atoms with Gasteiger partial charge in [0.25, 0.3) is 0 Å². The molecule has 0 spiro atoms. The Bertz CT molecular complexity index is 105. The van der Waals surface area contributed by atoms with Crippen molar-refractivity contribution in [2.45, 2.75) is 37.2 Å². The van der Waals surface area contributed by atoms with E-state index in [9.17, 15) is 0 Å². The van der Waals surface area contributed by atoms with Crippen molar-refractivity contribution in [1.29, 1.82) is 0 Å². The highest BCUT2D eigenvalue weighted by atomic mass is 32.1. The van der Waals surface area contributed by atoms with Crippen molar-refractivity contribution >= 4 is 25.3 Å². The lowest BCUT2D eigenvalue weighted by molar-refractivity contribution is 0.0464. The van der Waals surface area contributed by atoms with Crippen LogP contribution in [0.3, 0.4) is 0 Å². The topological polar surface area (TPSA) is 18.5 Å². The molecule has 0 bridgehead atoms. The molecule has 0 N–H and O–H groups in total. The molecule has 2 nitrogen and oxygen atoms in total. The highest BCUT2D eigenvalue weighted by molar-refractivity contribution is 7.81. The Balaban J connectivity index is 2.92. The summed E-state index contributed by atoms with van der Waals surface area (Å²) in [6.45, 7) is 7.05. The van der Waals surface area contributed by atoms with Crippen LogP contribution < -0.4 is 0 Å². The van der Waals surface area contributed by atoms with E-state index in [1.165, 1.54) is 0 Å². The number of rotatable bonds is 9. The Morgan fingerprint density at radius 3 is 1.43 bits per heavy atom. The van der Waals surface area contributed by atoms with Gasteiger partial charge in [-0.2, -0.15) is 25.3 Å². The molecule has 2 unspecified atom stereocenters. The van der Waals surface area contributed by atoms with E-state index in [-0.39, 0.29) is 0 Å². The third-order valence-corrected chi connectivity index (χ3v) is 2.25. The van der Waals surface area contributed by atoms with Crippen LogP contribution in [0.2, 0.25) is 0 Å². The zero-order valence-electron chi connectivity index (χ0n) is 9.11. The van der Waals surface area contributed by atoms with Crippen molar-refractivity contribution in [3.63, 3.8) is 0 Å². The maximum Gasteiger partial charge on any atom is 0.0700 e. The Morgan fingerprint density at radius 1 is 0.786 bits per heavy atom.